The molecule has 0 aliphatic heterocycles. The van der Waals surface area contributed by atoms with E-state index in [1.807, 2.05) is 49.4 Å². The van der Waals surface area contributed by atoms with Gasteiger partial charge in [0.05, 0.1) is 16.1 Å². The first-order chi connectivity index (χ1) is 15.1. The smallest absolute Gasteiger partial charge is 0.291 e. The van der Waals surface area contributed by atoms with Gasteiger partial charge in [0.2, 0.25) is 0 Å². The quantitative estimate of drug-likeness (QED) is 0.391. The average molecular weight is 433 g/mol. The van der Waals surface area contributed by atoms with Crippen LogP contribution in [0, 0.1) is 6.92 Å². The van der Waals surface area contributed by atoms with E-state index in [4.69, 9.17) is 9.15 Å². The van der Waals surface area contributed by atoms with E-state index in [-0.39, 0.29) is 17.6 Å². The van der Waals surface area contributed by atoms with Crippen LogP contribution in [0.4, 0.5) is 10.7 Å². The second-order valence-corrected chi connectivity index (χ2v) is 7.86. The molecule has 0 fully saturated rings. The summed E-state index contributed by atoms with van der Waals surface area (Å²) in [6.45, 7) is 2.31. The van der Waals surface area contributed by atoms with Gasteiger partial charge in [-0.05, 0) is 60.5 Å². The molecule has 156 valence electrons. The predicted octanol–water partition coefficient (Wildman–Crippen LogP) is 5.73. The summed E-state index contributed by atoms with van der Waals surface area (Å²) in [5.41, 5.74) is 2.52. The van der Waals surface area contributed by atoms with Crippen molar-refractivity contribution in [2.24, 2.45) is 0 Å². The third-order valence-electron chi connectivity index (χ3n) is 4.47. The van der Waals surface area contributed by atoms with Gasteiger partial charge >= 0.3 is 0 Å². The minimum absolute atomic E-state index is 0.214. The number of hydrogen-bond donors (Lipinski definition) is 2. The molecule has 0 aliphatic carbocycles. The fraction of sp³-hybridized carbons (Fsp3) is 0.0833. The van der Waals surface area contributed by atoms with Gasteiger partial charge in [-0.3, -0.25) is 9.59 Å². The number of furan rings is 1. The number of nitrogens with one attached hydrogen (secondary N) is 2. The molecule has 0 bridgehead atoms. The van der Waals surface area contributed by atoms with Gasteiger partial charge < -0.3 is 19.8 Å². The van der Waals surface area contributed by atoms with Gasteiger partial charge in [0, 0.05) is 5.69 Å². The molecule has 0 saturated heterocycles. The van der Waals surface area contributed by atoms with Gasteiger partial charge in [-0.25, -0.2) is 0 Å². The van der Waals surface area contributed by atoms with Crippen molar-refractivity contribution in [1.82, 2.24) is 0 Å². The largest absolute Gasteiger partial charge is 0.489 e. The lowest BCUT2D eigenvalue weighted by Crippen LogP contribution is -2.11. The van der Waals surface area contributed by atoms with Crippen molar-refractivity contribution < 1.29 is 18.7 Å². The summed E-state index contributed by atoms with van der Waals surface area (Å²) in [6, 6.07) is 22.1. The van der Waals surface area contributed by atoms with Crippen molar-refractivity contribution in [3.05, 3.63) is 101 Å². The van der Waals surface area contributed by atoms with E-state index in [2.05, 4.69) is 10.6 Å². The van der Waals surface area contributed by atoms with Crippen molar-refractivity contribution in [2.75, 3.05) is 10.6 Å². The van der Waals surface area contributed by atoms with Crippen LogP contribution in [0.15, 0.2) is 83.5 Å². The number of carbonyl (C=O) groups is 2. The molecule has 2 amide bonds. The standard InChI is InChI=1S/C24H20N2O4S/c1-16-14-21(26-23(27)20-8-5-13-29-20)31-22(16)24(28)25-18-9-11-19(12-10-18)30-15-17-6-3-2-4-7-17/h2-14H,15H2,1H3,(H,25,28)(H,26,27). The van der Waals surface area contributed by atoms with Crippen molar-refractivity contribution >= 4 is 33.8 Å². The molecule has 2 heterocycles. The highest BCUT2D eigenvalue weighted by molar-refractivity contribution is 7.18. The molecule has 0 spiro atoms. The summed E-state index contributed by atoms with van der Waals surface area (Å²) in [4.78, 5) is 25.3. The maximum atomic E-state index is 12.7. The summed E-state index contributed by atoms with van der Waals surface area (Å²) < 4.78 is 10.9. The van der Waals surface area contributed by atoms with Crippen LogP contribution in [0.3, 0.4) is 0 Å². The first-order valence-electron chi connectivity index (χ1n) is 9.62. The Hall–Kier alpha value is -3.84. The van der Waals surface area contributed by atoms with Crippen molar-refractivity contribution in [3.63, 3.8) is 0 Å². The fourth-order valence-corrected chi connectivity index (χ4v) is 3.88. The molecule has 0 unspecified atom stereocenters. The van der Waals surface area contributed by atoms with Crippen LogP contribution in [0.2, 0.25) is 0 Å². The molecule has 0 saturated carbocycles. The highest BCUT2D eigenvalue weighted by atomic mass is 32.1. The summed E-state index contributed by atoms with van der Waals surface area (Å²) in [7, 11) is 0. The minimum atomic E-state index is -0.357. The molecule has 2 N–H and O–H groups in total. The molecule has 4 aromatic rings. The lowest BCUT2D eigenvalue weighted by Gasteiger charge is -2.08. The minimum Gasteiger partial charge on any atom is -0.489 e. The van der Waals surface area contributed by atoms with Crippen LogP contribution in [-0.2, 0) is 6.61 Å². The van der Waals surface area contributed by atoms with Crippen LogP contribution >= 0.6 is 11.3 Å². The van der Waals surface area contributed by atoms with Crippen molar-refractivity contribution in [3.8, 4) is 5.75 Å². The first kappa shape index (κ1) is 20.4. The summed E-state index contributed by atoms with van der Waals surface area (Å²) in [6.07, 6.45) is 1.44. The Labute approximate surface area is 183 Å². The Morgan fingerprint density at radius 3 is 2.42 bits per heavy atom. The number of anilines is 2. The first-order valence-corrected chi connectivity index (χ1v) is 10.4. The monoisotopic (exact) mass is 432 g/mol. The van der Waals surface area contributed by atoms with E-state index in [1.165, 1.54) is 17.6 Å². The number of thiophene rings is 1. The zero-order valence-electron chi connectivity index (χ0n) is 16.8. The Morgan fingerprint density at radius 1 is 0.935 bits per heavy atom. The number of amides is 2. The molecule has 2 aromatic heterocycles. The highest BCUT2D eigenvalue weighted by Crippen LogP contribution is 2.28. The van der Waals surface area contributed by atoms with Gasteiger partial charge in [-0.2, -0.15) is 0 Å². The molecule has 7 heteroatoms. The maximum absolute atomic E-state index is 12.7. The van der Waals surface area contributed by atoms with Gasteiger partial charge in [0.15, 0.2) is 5.76 Å². The molecule has 2 aromatic carbocycles. The second kappa shape index (κ2) is 9.32. The SMILES string of the molecule is Cc1cc(NC(=O)c2ccco2)sc1C(=O)Nc1ccc(OCc2ccccc2)cc1. The molecular weight excluding hydrogens is 412 g/mol. The number of ether oxygens (including phenoxy) is 1. The van der Waals surface area contributed by atoms with E-state index in [0.29, 0.717) is 22.2 Å². The predicted molar refractivity (Wildman–Crippen MR) is 121 cm³/mol. The zero-order chi connectivity index (χ0) is 21.6. The number of hydrogen-bond acceptors (Lipinski definition) is 5. The normalized spacial score (nSPS) is 10.5. The van der Waals surface area contributed by atoms with E-state index >= 15 is 0 Å². The van der Waals surface area contributed by atoms with E-state index in [1.54, 1.807) is 30.3 Å². The molecule has 0 radical (unpaired) electrons. The average Bonchev–Trinajstić information content (AvgIpc) is 3.44. The number of aryl methyl sites for hydroxylation is 1. The lowest BCUT2D eigenvalue weighted by atomic mass is 10.2. The van der Waals surface area contributed by atoms with Gasteiger partial charge in [-0.1, -0.05) is 30.3 Å². The summed E-state index contributed by atoms with van der Waals surface area (Å²) in [5, 5.41) is 6.21. The Kier molecular flexibility index (Phi) is 6.14. The zero-order valence-corrected chi connectivity index (χ0v) is 17.6. The third-order valence-corrected chi connectivity index (χ3v) is 5.62. The second-order valence-electron chi connectivity index (χ2n) is 6.81. The van der Waals surface area contributed by atoms with E-state index < -0.39 is 0 Å². The summed E-state index contributed by atoms with van der Waals surface area (Å²) in [5.74, 6) is 0.340. The molecular formula is C24H20N2O4S. The molecule has 6 nitrogen and oxygen atoms in total. The fourth-order valence-electron chi connectivity index (χ4n) is 2.91. The Balaban J connectivity index is 1.35. The van der Waals surface area contributed by atoms with Crippen LogP contribution in [0.25, 0.3) is 0 Å². The van der Waals surface area contributed by atoms with E-state index in [0.717, 1.165) is 16.9 Å². The van der Waals surface area contributed by atoms with Crippen molar-refractivity contribution in [2.45, 2.75) is 13.5 Å². The molecule has 0 atom stereocenters. The van der Waals surface area contributed by atoms with Gasteiger partial charge in [0.25, 0.3) is 11.8 Å². The van der Waals surface area contributed by atoms with Gasteiger partial charge in [-0.15, -0.1) is 11.3 Å². The van der Waals surface area contributed by atoms with E-state index in [9.17, 15) is 9.59 Å². The van der Waals surface area contributed by atoms with Crippen LogP contribution in [0.1, 0.15) is 31.4 Å². The maximum Gasteiger partial charge on any atom is 0.291 e. The molecule has 4 rings (SSSR count). The highest BCUT2D eigenvalue weighted by Gasteiger charge is 2.16. The summed E-state index contributed by atoms with van der Waals surface area (Å²) >= 11 is 1.21. The van der Waals surface area contributed by atoms with Crippen LogP contribution in [0.5, 0.6) is 5.75 Å². The lowest BCUT2D eigenvalue weighted by molar-refractivity contribution is 0.0995. The van der Waals surface area contributed by atoms with Crippen LogP contribution < -0.4 is 15.4 Å². The topological polar surface area (TPSA) is 80.6 Å². The van der Waals surface area contributed by atoms with Gasteiger partial charge in [0.1, 0.15) is 12.4 Å². The number of benzene rings is 2. The Bertz CT molecular complexity index is 1170. The van der Waals surface area contributed by atoms with Crippen molar-refractivity contribution in [1.29, 1.82) is 0 Å². The number of carbonyl (C=O) groups excluding carboxylic acids is 2. The molecule has 0 aliphatic rings. The third kappa shape index (κ3) is 5.21. The Morgan fingerprint density at radius 2 is 1.71 bits per heavy atom. The van der Waals surface area contributed by atoms with Crippen LogP contribution in [-0.4, -0.2) is 11.8 Å². The number of rotatable bonds is 7. The molecule has 31 heavy (non-hydrogen) atoms.